The van der Waals surface area contributed by atoms with Crippen molar-refractivity contribution in [2.24, 2.45) is 0 Å². The molecule has 1 fully saturated rings. The van der Waals surface area contributed by atoms with E-state index in [1.54, 1.807) is 23.1 Å². The summed E-state index contributed by atoms with van der Waals surface area (Å²) in [6.45, 7) is 7.62. The van der Waals surface area contributed by atoms with Gasteiger partial charge in [0.25, 0.3) is 5.91 Å². The maximum Gasteiger partial charge on any atom is 0.257 e. The first kappa shape index (κ1) is 16.8. The summed E-state index contributed by atoms with van der Waals surface area (Å²) < 4.78 is 7.58. The summed E-state index contributed by atoms with van der Waals surface area (Å²) in [4.78, 5) is 18.9. The Bertz CT molecular complexity index is 753. The highest BCUT2D eigenvalue weighted by molar-refractivity contribution is 6.31. The Morgan fingerprint density at radius 2 is 2.12 bits per heavy atom. The Morgan fingerprint density at radius 3 is 2.75 bits per heavy atom. The number of amides is 1. The Kier molecular flexibility index (Phi) is 4.76. The maximum absolute atomic E-state index is 12.8. The topological polar surface area (TPSA) is 60.2 Å². The number of halogens is 1. The van der Waals surface area contributed by atoms with Gasteiger partial charge in [-0.05, 0) is 38.5 Å². The quantitative estimate of drug-likeness (QED) is 0.833. The minimum atomic E-state index is -0.0608. The Hall–Kier alpha value is -2.08. The monoisotopic (exact) mass is 348 g/mol. The van der Waals surface area contributed by atoms with Crippen LogP contribution in [0.2, 0.25) is 5.02 Å². The highest BCUT2D eigenvalue weighted by Gasteiger charge is 2.35. The van der Waals surface area contributed by atoms with Crippen LogP contribution in [0, 0.1) is 13.8 Å². The van der Waals surface area contributed by atoms with E-state index in [-0.39, 0.29) is 11.9 Å². The fraction of sp³-hybridized carbons (Fsp3) is 0.471. The van der Waals surface area contributed by atoms with Crippen LogP contribution in [0.5, 0.6) is 5.75 Å². The second kappa shape index (κ2) is 6.81. The first-order valence-corrected chi connectivity index (χ1v) is 8.48. The van der Waals surface area contributed by atoms with Gasteiger partial charge in [0, 0.05) is 18.1 Å². The van der Waals surface area contributed by atoms with Crippen molar-refractivity contribution in [3.05, 3.63) is 40.4 Å². The van der Waals surface area contributed by atoms with Crippen LogP contribution in [0.25, 0.3) is 0 Å². The number of likely N-dealkylation sites (tertiary alicyclic amines) is 1. The summed E-state index contributed by atoms with van der Waals surface area (Å²) in [5.41, 5.74) is 0.515. The number of benzene rings is 1. The van der Waals surface area contributed by atoms with Crippen molar-refractivity contribution >= 4 is 17.5 Å². The molecule has 1 amide bonds. The van der Waals surface area contributed by atoms with Crippen molar-refractivity contribution in [2.75, 3.05) is 19.7 Å². The Balaban J connectivity index is 1.72. The molecule has 0 atom stereocenters. The molecule has 128 valence electrons. The summed E-state index contributed by atoms with van der Waals surface area (Å²) in [6.07, 6.45) is 0.882. The van der Waals surface area contributed by atoms with E-state index in [0.29, 0.717) is 36.0 Å². The second-order valence-electron chi connectivity index (χ2n) is 6.00. The maximum atomic E-state index is 12.8. The van der Waals surface area contributed by atoms with Crippen LogP contribution in [0.15, 0.2) is 18.2 Å². The van der Waals surface area contributed by atoms with Gasteiger partial charge in [0.2, 0.25) is 0 Å². The summed E-state index contributed by atoms with van der Waals surface area (Å²) >= 11 is 6.06. The first-order chi connectivity index (χ1) is 11.5. The average molecular weight is 349 g/mol. The highest BCUT2D eigenvalue weighted by atomic mass is 35.5. The number of ether oxygens (including phenoxy) is 1. The lowest BCUT2D eigenvalue weighted by Crippen LogP contribution is -2.51. The number of hydrogen-bond acceptors (Lipinski definition) is 4. The Labute approximate surface area is 146 Å². The van der Waals surface area contributed by atoms with Crippen molar-refractivity contribution in [1.29, 1.82) is 0 Å². The van der Waals surface area contributed by atoms with Gasteiger partial charge in [0.1, 0.15) is 17.4 Å². The minimum absolute atomic E-state index is 0.0608. The third-order valence-corrected chi connectivity index (χ3v) is 4.27. The number of carbonyl (C=O) groups excluding carboxylic acids is 1. The molecule has 0 radical (unpaired) electrons. The molecule has 1 aliphatic heterocycles. The van der Waals surface area contributed by atoms with Gasteiger partial charge in [-0.1, -0.05) is 18.5 Å². The predicted molar refractivity (Wildman–Crippen MR) is 91.7 cm³/mol. The molecule has 1 aliphatic rings. The predicted octanol–water partition coefficient (Wildman–Crippen LogP) is 3.03. The average Bonchev–Trinajstić information content (AvgIpc) is 2.83. The molecule has 0 spiro atoms. The molecule has 0 saturated carbocycles. The molecule has 3 rings (SSSR count). The van der Waals surface area contributed by atoms with Crippen LogP contribution in [0.4, 0.5) is 0 Å². The van der Waals surface area contributed by atoms with Crippen molar-refractivity contribution in [2.45, 2.75) is 33.2 Å². The number of hydrogen-bond donors (Lipinski definition) is 0. The lowest BCUT2D eigenvalue weighted by Gasteiger charge is -2.39. The van der Waals surface area contributed by atoms with Crippen LogP contribution in [-0.2, 0) is 0 Å². The van der Waals surface area contributed by atoms with E-state index >= 15 is 0 Å². The van der Waals surface area contributed by atoms with E-state index in [1.165, 1.54) is 0 Å². The molecule has 0 bridgehead atoms. The fourth-order valence-electron chi connectivity index (χ4n) is 2.84. The molecule has 2 heterocycles. The van der Waals surface area contributed by atoms with E-state index in [2.05, 4.69) is 10.1 Å². The standard InChI is InChI=1S/C17H21ClN4O2/c1-4-7-24-16-6-5-13(18)8-15(16)17(23)21-9-14(10-21)22-12(3)19-11(2)20-22/h5-6,8,14H,4,7,9-10H2,1-3H3. The third kappa shape index (κ3) is 3.24. The summed E-state index contributed by atoms with van der Waals surface area (Å²) in [5, 5.41) is 4.92. The molecule has 0 aliphatic carbocycles. The third-order valence-electron chi connectivity index (χ3n) is 4.04. The molecular formula is C17H21ClN4O2. The van der Waals surface area contributed by atoms with Gasteiger partial charge in [-0.2, -0.15) is 5.10 Å². The normalized spacial score (nSPS) is 14.6. The number of nitrogens with zero attached hydrogens (tertiary/aromatic N) is 4. The van der Waals surface area contributed by atoms with Gasteiger partial charge in [-0.25, -0.2) is 9.67 Å². The van der Waals surface area contributed by atoms with Crippen LogP contribution < -0.4 is 4.74 Å². The lowest BCUT2D eigenvalue weighted by atomic mass is 10.1. The molecule has 2 aromatic rings. The largest absolute Gasteiger partial charge is 0.493 e. The number of rotatable bonds is 5. The summed E-state index contributed by atoms with van der Waals surface area (Å²) in [7, 11) is 0. The van der Waals surface area contributed by atoms with Crippen LogP contribution in [0.1, 0.15) is 41.4 Å². The van der Waals surface area contributed by atoms with Gasteiger partial charge in [-0.3, -0.25) is 4.79 Å². The number of carbonyl (C=O) groups is 1. The molecule has 1 aromatic heterocycles. The van der Waals surface area contributed by atoms with Crippen LogP contribution >= 0.6 is 11.6 Å². The fourth-order valence-corrected chi connectivity index (χ4v) is 3.01. The van der Waals surface area contributed by atoms with Crippen molar-refractivity contribution in [1.82, 2.24) is 19.7 Å². The van der Waals surface area contributed by atoms with E-state index in [9.17, 15) is 4.79 Å². The summed E-state index contributed by atoms with van der Waals surface area (Å²) in [6, 6.07) is 5.35. The molecule has 1 saturated heterocycles. The van der Waals surface area contributed by atoms with Crippen LogP contribution in [-0.4, -0.2) is 45.3 Å². The number of aromatic nitrogens is 3. The number of aryl methyl sites for hydroxylation is 2. The zero-order valence-corrected chi connectivity index (χ0v) is 14.9. The first-order valence-electron chi connectivity index (χ1n) is 8.11. The van der Waals surface area contributed by atoms with E-state index in [4.69, 9.17) is 16.3 Å². The zero-order chi connectivity index (χ0) is 17.3. The lowest BCUT2D eigenvalue weighted by molar-refractivity contribution is 0.0492. The zero-order valence-electron chi connectivity index (χ0n) is 14.1. The van der Waals surface area contributed by atoms with E-state index in [1.807, 2.05) is 25.5 Å². The summed E-state index contributed by atoms with van der Waals surface area (Å²) in [5.74, 6) is 2.15. The van der Waals surface area contributed by atoms with Crippen LogP contribution in [0.3, 0.4) is 0 Å². The SMILES string of the molecule is CCCOc1ccc(Cl)cc1C(=O)N1CC(n2nc(C)nc2C)C1. The molecule has 0 N–H and O–H groups in total. The smallest absolute Gasteiger partial charge is 0.257 e. The molecule has 6 nitrogen and oxygen atoms in total. The molecular weight excluding hydrogens is 328 g/mol. The van der Waals surface area contributed by atoms with Gasteiger partial charge in [0.15, 0.2) is 0 Å². The molecule has 1 aromatic carbocycles. The van der Waals surface area contributed by atoms with Gasteiger partial charge < -0.3 is 9.64 Å². The molecule has 7 heteroatoms. The van der Waals surface area contributed by atoms with Gasteiger partial charge >= 0.3 is 0 Å². The van der Waals surface area contributed by atoms with Crippen molar-refractivity contribution in [3.63, 3.8) is 0 Å². The van der Waals surface area contributed by atoms with Gasteiger partial charge in [-0.15, -0.1) is 0 Å². The van der Waals surface area contributed by atoms with Crippen molar-refractivity contribution in [3.8, 4) is 5.75 Å². The highest BCUT2D eigenvalue weighted by Crippen LogP contribution is 2.29. The molecule has 24 heavy (non-hydrogen) atoms. The van der Waals surface area contributed by atoms with Gasteiger partial charge in [0.05, 0.1) is 18.2 Å². The second-order valence-corrected chi connectivity index (χ2v) is 6.44. The minimum Gasteiger partial charge on any atom is -0.493 e. The van der Waals surface area contributed by atoms with Crippen molar-refractivity contribution < 1.29 is 9.53 Å². The van der Waals surface area contributed by atoms with E-state index in [0.717, 1.165) is 18.1 Å². The van der Waals surface area contributed by atoms with E-state index < -0.39 is 0 Å². The Morgan fingerprint density at radius 1 is 1.38 bits per heavy atom. The molecule has 0 unspecified atom stereocenters.